The van der Waals surface area contributed by atoms with Gasteiger partial charge in [-0.1, -0.05) is 6.92 Å². The molecule has 0 bridgehead atoms. The molecule has 1 saturated carbocycles. The van der Waals surface area contributed by atoms with E-state index >= 15 is 0 Å². The SMILES string of the molecule is CCC(=O)C1(C(=O)O)CC(=O)CC(=O)C1. The third-order valence-electron chi connectivity index (χ3n) is 2.66. The molecule has 82 valence electrons. The van der Waals surface area contributed by atoms with Crippen LogP contribution in [0.4, 0.5) is 0 Å². The third-order valence-corrected chi connectivity index (χ3v) is 2.66. The van der Waals surface area contributed by atoms with Gasteiger partial charge in [-0.3, -0.25) is 19.2 Å². The third kappa shape index (κ3) is 1.95. The summed E-state index contributed by atoms with van der Waals surface area (Å²) in [6.07, 6.45) is -0.916. The molecule has 15 heavy (non-hydrogen) atoms. The van der Waals surface area contributed by atoms with Gasteiger partial charge < -0.3 is 5.11 Å². The zero-order valence-corrected chi connectivity index (χ0v) is 8.41. The van der Waals surface area contributed by atoms with Crippen molar-refractivity contribution in [2.75, 3.05) is 0 Å². The van der Waals surface area contributed by atoms with Crippen molar-refractivity contribution >= 4 is 23.3 Å². The largest absolute Gasteiger partial charge is 0.480 e. The predicted octanol–water partition coefficient (Wildman–Crippen LogP) is 0.359. The summed E-state index contributed by atoms with van der Waals surface area (Å²) in [5.41, 5.74) is -1.79. The highest BCUT2D eigenvalue weighted by Gasteiger charge is 2.50. The van der Waals surface area contributed by atoms with Gasteiger partial charge in [0, 0.05) is 19.3 Å². The molecule has 1 aliphatic carbocycles. The molecule has 0 radical (unpaired) electrons. The fraction of sp³-hybridized carbons (Fsp3) is 0.600. The van der Waals surface area contributed by atoms with Gasteiger partial charge in [-0.25, -0.2) is 0 Å². The van der Waals surface area contributed by atoms with E-state index in [-0.39, 0.29) is 25.7 Å². The second-order valence-corrected chi connectivity index (χ2v) is 3.77. The highest BCUT2D eigenvalue weighted by atomic mass is 16.4. The quantitative estimate of drug-likeness (QED) is 0.682. The van der Waals surface area contributed by atoms with Crippen LogP contribution in [0.15, 0.2) is 0 Å². The molecule has 1 fully saturated rings. The molecule has 0 spiro atoms. The van der Waals surface area contributed by atoms with Crippen LogP contribution in [0.5, 0.6) is 0 Å². The summed E-state index contributed by atoms with van der Waals surface area (Å²) < 4.78 is 0. The molecule has 0 aromatic carbocycles. The lowest BCUT2D eigenvalue weighted by Crippen LogP contribution is -2.46. The molecule has 0 aromatic heterocycles. The van der Waals surface area contributed by atoms with Crippen molar-refractivity contribution in [2.45, 2.75) is 32.6 Å². The molecule has 5 heteroatoms. The lowest BCUT2D eigenvalue weighted by atomic mass is 9.69. The van der Waals surface area contributed by atoms with Gasteiger partial charge in [0.1, 0.15) is 17.0 Å². The average molecular weight is 212 g/mol. The second kappa shape index (κ2) is 3.92. The number of carbonyl (C=O) groups is 4. The number of hydrogen-bond donors (Lipinski definition) is 1. The van der Waals surface area contributed by atoms with Crippen molar-refractivity contribution in [1.29, 1.82) is 0 Å². The number of aliphatic carboxylic acids is 1. The van der Waals surface area contributed by atoms with E-state index < -0.39 is 28.7 Å². The number of carboxylic acid groups (broad SMARTS) is 1. The van der Waals surface area contributed by atoms with Crippen LogP contribution in [0.2, 0.25) is 0 Å². The number of ketones is 3. The van der Waals surface area contributed by atoms with Crippen LogP contribution in [0.3, 0.4) is 0 Å². The molecule has 1 aliphatic rings. The minimum Gasteiger partial charge on any atom is -0.480 e. The van der Waals surface area contributed by atoms with Crippen molar-refractivity contribution in [1.82, 2.24) is 0 Å². The molecule has 0 saturated heterocycles. The first-order chi connectivity index (χ1) is 6.92. The maximum Gasteiger partial charge on any atom is 0.318 e. The van der Waals surface area contributed by atoms with E-state index in [4.69, 9.17) is 5.11 Å². The molecular weight excluding hydrogens is 200 g/mol. The number of rotatable bonds is 3. The standard InChI is InChI=1S/C10H12O5/c1-2-8(13)10(9(14)15)4-6(11)3-7(12)5-10/h2-5H2,1H3,(H,14,15). The zero-order valence-electron chi connectivity index (χ0n) is 8.41. The van der Waals surface area contributed by atoms with Gasteiger partial charge in [-0.2, -0.15) is 0 Å². The summed E-state index contributed by atoms with van der Waals surface area (Å²) in [6.45, 7) is 1.52. The first-order valence-corrected chi connectivity index (χ1v) is 4.72. The average Bonchev–Trinajstić information content (AvgIpc) is 2.14. The van der Waals surface area contributed by atoms with Crippen LogP contribution in [0, 0.1) is 5.41 Å². The molecule has 0 aromatic rings. The van der Waals surface area contributed by atoms with Crippen LogP contribution in [-0.4, -0.2) is 28.4 Å². The van der Waals surface area contributed by atoms with Gasteiger partial charge in [0.2, 0.25) is 0 Å². The maximum atomic E-state index is 11.5. The Kier molecular flexibility index (Phi) is 3.02. The Hall–Kier alpha value is -1.52. The van der Waals surface area contributed by atoms with E-state index in [1.54, 1.807) is 0 Å². The number of Topliss-reactive ketones (excluding diaryl/α,β-unsaturated/α-hetero) is 3. The fourth-order valence-corrected chi connectivity index (χ4v) is 1.89. The van der Waals surface area contributed by atoms with Crippen LogP contribution >= 0.6 is 0 Å². The van der Waals surface area contributed by atoms with E-state index in [9.17, 15) is 19.2 Å². The Morgan fingerprint density at radius 3 is 2.07 bits per heavy atom. The fourth-order valence-electron chi connectivity index (χ4n) is 1.89. The van der Waals surface area contributed by atoms with E-state index in [1.807, 2.05) is 0 Å². The van der Waals surface area contributed by atoms with Gasteiger partial charge >= 0.3 is 5.97 Å². The highest BCUT2D eigenvalue weighted by molar-refractivity contribution is 6.15. The smallest absolute Gasteiger partial charge is 0.318 e. The van der Waals surface area contributed by atoms with Crippen molar-refractivity contribution in [3.05, 3.63) is 0 Å². The normalized spacial score (nSPS) is 20.1. The molecule has 0 aliphatic heterocycles. The van der Waals surface area contributed by atoms with Crippen molar-refractivity contribution in [2.24, 2.45) is 5.41 Å². The van der Waals surface area contributed by atoms with Gasteiger partial charge in [0.25, 0.3) is 0 Å². The van der Waals surface area contributed by atoms with Gasteiger partial charge in [0.05, 0.1) is 6.42 Å². The molecular formula is C10H12O5. The lowest BCUT2D eigenvalue weighted by Gasteiger charge is -2.29. The molecule has 1 N–H and O–H groups in total. The zero-order chi connectivity index (χ0) is 11.6. The van der Waals surface area contributed by atoms with Crippen LogP contribution in [-0.2, 0) is 19.2 Å². The summed E-state index contributed by atoms with van der Waals surface area (Å²) in [5.74, 6) is -2.84. The lowest BCUT2D eigenvalue weighted by molar-refractivity contribution is -0.162. The van der Waals surface area contributed by atoms with E-state index in [2.05, 4.69) is 0 Å². The summed E-state index contributed by atoms with van der Waals surface area (Å²) in [7, 11) is 0. The highest BCUT2D eigenvalue weighted by Crippen LogP contribution is 2.35. The Morgan fingerprint density at radius 1 is 1.27 bits per heavy atom. The molecule has 1 rings (SSSR count). The molecule has 5 nitrogen and oxygen atoms in total. The van der Waals surface area contributed by atoms with Crippen LogP contribution in [0.1, 0.15) is 32.6 Å². The van der Waals surface area contributed by atoms with Gasteiger partial charge in [-0.15, -0.1) is 0 Å². The summed E-state index contributed by atoms with van der Waals surface area (Å²) >= 11 is 0. The molecule has 0 amide bonds. The van der Waals surface area contributed by atoms with Crippen molar-refractivity contribution < 1.29 is 24.3 Å². The van der Waals surface area contributed by atoms with Crippen molar-refractivity contribution in [3.63, 3.8) is 0 Å². The Balaban J connectivity index is 3.10. The van der Waals surface area contributed by atoms with Crippen molar-refractivity contribution in [3.8, 4) is 0 Å². The molecule has 0 atom stereocenters. The Bertz CT molecular complexity index is 326. The number of carbonyl (C=O) groups excluding carboxylic acids is 3. The Morgan fingerprint density at radius 2 is 1.73 bits per heavy atom. The summed E-state index contributed by atoms with van der Waals surface area (Å²) in [6, 6.07) is 0. The first-order valence-electron chi connectivity index (χ1n) is 4.72. The van der Waals surface area contributed by atoms with E-state index in [0.717, 1.165) is 0 Å². The second-order valence-electron chi connectivity index (χ2n) is 3.77. The van der Waals surface area contributed by atoms with Gasteiger partial charge in [0.15, 0.2) is 5.78 Å². The van der Waals surface area contributed by atoms with E-state index in [1.165, 1.54) is 6.92 Å². The van der Waals surface area contributed by atoms with Crippen LogP contribution in [0.25, 0.3) is 0 Å². The van der Waals surface area contributed by atoms with Crippen LogP contribution < -0.4 is 0 Å². The topological polar surface area (TPSA) is 88.5 Å². The first kappa shape index (κ1) is 11.6. The van der Waals surface area contributed by atoms with E-state index in [0.29, 0.717) is 0 Å². The molecule has 0 heterocycles. The number of carboxylic acids is 1. The monoisotopic (exact) mass is 212 g/mol. The Labute approximate surface area is 86.5 Å². The minimum absolute atomic E-state index is 0.0207. The minimum atomic E-state index is -1.79. The predicted molar refractivity (Wildman–Crippen MR) is 49.2 cm³/mol. The summed E-state index contributed by atoms with van der Waals surface area (Å²) in [4.78, 5) is 44.9. The number of hydrogen-bond acceptors (Lipinski definition) is 4. The summed E-state index contributed by atoms with van der Waals surface area (Å²) in [5, 5.41) is 9.00. The molecule has 0 unspecified atom stereocenters. The maximum absolute atomic E-state index is 11.5. The van der Waals surface area contributed by atoms with Gasteiger partial charge in [-0.05, 0) is 0 Å².